The second-order valence-electron chi connectivity index (χ2n) is 16.6. The smallest absolute Gasteiger partial charge is 0.325 e. The molecule has 2 heterocycles. The minimum absolute atomic E-state index is 0.0247. The molecule has 3 amide bonds. The summed E-state index contributed by atoms with van der Waals surface area (Å²) in [4.78, 5) is 40.3. The van der Waals surface area contributed by atoms with Crippen molar-refractivity contribution in [1.29, 1.82) is 0 Å². The molecule has 0 aromatic heterocycles. The molecule has 1 aliphatic carbocycles. The summed E-state index contributed by atoms with van der Waals surface area (Å²) < 4.78 is 18.8. The number of aliphatic hydroxyl groups is 1. The number of amides is 3. The van der Waals surface area contributed by atoms with Gasteiger partial charge in [0.1, 0.15) is 6.54 Å². The lowest BCUT2D eigenvalue weighted by Crippen LogP contribution is -2.61. The van der Waals surface area contributed by atoms with E-state index in [2.05, 4.69) is 33.8 Å². The third-order valence-electron chi connectivity index (χ3n) is 11.4. The highest BCUT2D eigenvalue weighted by molar-refractivity contribution is 5.82. The number of fused-ring (bicyclic) bond motifs is 1. The van der Waals surface area contributed by atoms with E-state index in [1.54, 1.807) is 6.92 Å². The zero-order chi connectivity index (χ0) is 39.8. The predicted molar refractivity (Wildman–Crippen MR) is 215 cm³/mol. The summed E-state index contributed by atoms with van der Waals surface area (Å²) in [6, 6.07) is 23.8. The molecule has 3 fully saturated rings. The number of esters is 1. The van der Waals surface area contributed by atoms with E-state index in [-0.39, 0.29) is 61.9 Å². The number of likely N-dealkylation sites (tertiary alicyclic amines) is 1. The van der Waals surface area contributed by atoms with Gasteiger partial charge in [-0.3, -0.25) is 14.5 Å². The molecule has 1 saturated carbocycles. The Morgan fingerprint density at radius 2 is 1.59 bits per heavy atom. The van der Waals surface area contributed by atoms with Gasteiger partial charge in [-0.1, -0.05) is 80.4 Å². The van der Waals surface area contributed by atoms with Crippen LogP contribution in [0.3, 0.4) is 0 Å². The van der Waals surface area contributed by atoms with E-state index in [0.29, 0.717) is 18.5 Å². The number of hydrogen-bond donors (Lipinski definition) is 4. The predicted octanol–water partition coefficient (Wildman–Crippen LogP) is 6.94. The minimum atomic E-state index is -0.666. The molecular formula is C45H60N4O7. The molecule has 0 bridgehead atoms. The summed E-state index contributed by atoms with van der Waals surface area (Å²) >= 11 is 0. The highest BCUT2D eigenvalue weighted by atomic mass is 16.7. The van der Waals surface area contributed by atoms with Crippen LogP contribution in [-0.4, -0.2) is 71.3 Å². The van der Waals surface area contributed by atoms with Crippen LogP contribution in [0.15, 0.2) is 72.8 Å². The van der Waals surface area contributed by atoms with Gasteiger partial charge in [0.05, 0.1) is 31.5 Å². The second-order valence-corrected chi connectivity index (χ2v) is 16.6. The number of ether oxygens (including phenoxy) is 3. The fraction of sp³-hybridized carbons (Fsp3) is 0.533. The Hall–Kier alpha value is -4.29. The molecule has 302 valence electrons. The van der Waals surface area contributed by atoms with Crippen molar-refractivity contribution in [2.75, 3.05) is 19.7 Å². The Morgan fingerprint density at radius 3 is 2.32 bits per heavy atom. The van der Waals surface area contributed by atoms with Gasteiger partial charge in [-0.05, 0) is 99.2 Å². The maximum atomic E-state index is 13.9. The highest BCUT2D eigenvalue weighted by Gasteiger charge is 2.46. The molecule has 2 aliphatic heterocycles. The maximum absolute atomic E-state index is 13.9. The van der Waals surface area contributed by atoms with E-state index >= 15 is 0 Å². The number of hydrogen-bond acceptors (Lipinski definition) is 8. The SMILES string of the molecule is CCOC(=O)CNC(=O)NCc1cccc(-c2cccc([C@H]3O[C@@H](CN4[C@@H](C(=O)NC(C)(C)C)CC[C@H]5CCCC[C@H]54)[C@@H](C)[C@@H](c4ccc(CO)cc4)O3)c2)c1. The van der Waals surface area contributed by atoms with Crippen LogP contribution in [0.4, 0.5) is 4.79 Å². The van der Waals surface area contributed by atoms with Crippen molar-refractivity contribution in [3.05, 3.63) is 95.1 Å². The molecule has 3 aromatic rings. The topological polar surface area (TPSA) is 138 Å². The monoisotopic (exact) mass is 768 g/mol. The molecule has 7 atom stereocenters. The lowest BCUT2D eigenvalue weighted by atomic mass is 9.75. The van der Waals surface area contributed by atoms with Gasteiger partial charge in [0, 0.05) is 36.2 Å². The highest BCUT2D eigenvalue weighted by Crippen LogP contribution is 2.45. The molecule has 0 unspecified atom stereocenters. The fourth-order valence-electron chi connectivity index (χ4n) is 8.60. The lowest BCUT2D eigenvalue weighted by Gasteiger charge is -2.51. The lowest BCUT2D eigenvalue weighted by molar-refractivity contribution is -0.278. The van der Waals surface area contributed by atoms with E-state index < -0.39 is 18.3 Å². The summed E-state index contributed by atoms with van der Waals surface area (Å²) in [6.07, 6.45) is 5.44. The van der Waals surface area contributed by atoms with Gasteiger partial charge in [0.2, 0.25) is 5.91 Å². The van der Waals surface area contributed by atoms with Gasteiger partial charge < -0.3 is 35.3 Å². The van der Waals surface area contributed by atoms with Crippen molar-refractivity contribution in [3.8, 4) is 11.1 Å². The van der Waals surface area contributed by atoms with Gasteiger partial charge in [-0.15, -0.1) is 0 Å². The first kappa shape index (κ1) is 41.3. The van der Waals surface area contributed by atoms with Crippen LogP contribution in [0.25, 0.3) is 11.1 Å². The van der Waals surface area contributed by atoms with Gasteiger partial charge in [0.25, 0.3) is 0 Å². The Morgan fingerprint density at radius 1 is 0.857 bits per heavy atom. The summed E-state index contributed by atoms with van der Waals surface area (Å²) in [7, 11) is 0. The summed E-state index contributed by atoms with van der Waals surface area (Å²) in [5, 5.41) is 18.4. The zero-order valence-electron chi connectivity index (χ0n) is 33.6. The number of nitrogens with one attached hydrogen (secondary N) is 3. The average Bonchev–Trinajstić information content (AvgIpc) is 3.19. The number of urea groups is 1. The van der Waals surface area contributed by atoms with E-state index in [1.165, 1.54) is 19.3 Å². The molecule has 11 nitrogen and oxygen atoms in total. The first-order valence-electron chi connectivity index (χ1n) is 20.4. The van der Waals surface area contributed by atoms with Crippen LogP contribution in [0.2, 0.25) is 0 Å². The molecule has 2 saturated heterocycles. The molecule has 3 aliphatic rings. The van der Waals surface area contributed by atoms with Gasteiger partial charge in [-0.25, -0.2) is 4.79 Å². The van der Waals surface area contributed by atoms with Gasteiger partial charge >= 0.3 is 12.0 Å². The number of rotatable bonds is 12. The van der Waals surface area contributed by atoms with Crippen molar-refractivity contribution in [1.82, 2.24) is 20.9 Å². The molecular weight excluding hydrogens is 709 g/mol. The summed E-state index contributed by atoms with van der Waals surface area (Å²) in [5.74, 6) is 0.163. The van der Waals surface area contributed by atoms with Crippen LogP contribution in [-0.2, 0) is 37.0 Å². The maximum Gasteiger partial charge on any atom is 0.325 e. The van der Waals surface area contributed by atoms with Gasteiger partial charge in [-0.2, -0.15) is 0 Å². The van der Waals surface area contributed by atoms with Crippen LogP contribution >= 0.6 is 0 Å². The number of piperidine rings is 1. The van der Waals surface area contributed by atoms with E-state index in [1.807, 2.05) is 87.5 Å². The molecule has 56 heavy (non-hydrogen) atoms. The first-order chi connectivity index (χ1) is 26.9. The molecule has 0 spiro atoms. The largest absolute Gasteiger partial charge is 0.465 e. The van der Waals surface area contributed by atoms with Crippen molar-refractivity contribution < 1.29 is 33.7 Å². The minimum Gasteiger partial charge on any atom is -0.465 e. The van der Waals surface area contributed by atoms with Crippen LogP contribution in [0.1, 0.15) is 108 Å². The Balaban J connectivity index is 1.25. The van der Waals surface area contributed by atoms with E-state index in [0.717, 1.165) is 52.6 Å². The third kappa shape index (κ3) is 10.6. The number of benzene rings is 3. The van der Waals surface area contributed by atoms with E-state index in [4.69, 9.17) is 14.2 Å². The summed E-state index contributed by atoms with van der Waals surface area (Å²) in [6.45, 7) is 11.0. The quantitative estimate of drug-likeness (QED) is 0.146. The first-order valence-corrected chi connectivity index (χ1v) is 20.4. The van der Waals surface area contributed by atoms with Crippen LogP contribution < -0.4 is 16.0 Å². The van der Waals surface area contributed by atoms with E-state index in [9.17, 15) is 19.5 Å². The molecule has 3 aromatic carbocycles. The fourth-order valence-corrected chi connectivity index (χ4v) is 8.60. The van der Waals surface area contributed by atoms with Crippen LogP contribution in [0.5, 0.6) is 0 Å². The normalized spacial score (nSPS) is 25.4. The average molecular weight is 769 g/mol. The molecule has 6 rings (SSSR count). The number of aliphatic hydroxyl groups excluding tert-OH is 1. The number of carbonyl (C=O) groups is 3. The standard InChI is InChI=1S/C45H60N4O7/c1-6-54-40(51)26-47-44(53)46-25-31-11-9-13-34(23-31)35-14-10-15-36(24-35)43-55-39(29(2)41(56-43)33-19-17-30(28-50)18-20-33)27-49-37-16-8-7-12-32(37)21-22-38(49)42(52)48-45(3,4)5/h9-11,13-15,17-20,23-24,29,32,37-39,41,43,50H,6-8,12,16,21-22,25-28H2,1-5H3,(H,48,52)(H2,46,47,53)/t29-,32-,37-,38-,39+,41+,43+/m1/s1. The molecule has 11 heteroatoms. The van der Waals surface area contributed by atoms with Crippen LogP contribution in [0, 0.1) is 11.8 Å². The zero-order valence-corrected chi connectivity index (χ0v) is 33.6. The number of carbonyl (C=O) groups excluding carboxylic acids is 3. The second kappa shape index (κ2) is 18.8. The van der Waals surface area contributed by atoms with Gasteiger partial charge in [0.15, 0.2) is 6.29 Å². The van der Waals surface area contributed by atoms with Crippen molar-refractivity contribution >= 4 is 17.9 Å². The van der Waals surface area contributed by atoms with Crippen molar-refractivity contribution in [2.24, 2.45) is 11.8 Å². The molecule has 0 radical (unpaired) electrons. The Kier molecular flexibility index (Phi) is 13.9. The Labute approximate surface area is 331 Å². The molecule has 4 N–H and O–H groups in total. The Bertz CT molecular complexity index is 1790. The van der Waals surface area contributed by atoms with Crippen molar-refractivity contribution in [2.45, 2.75) is 122 Å². The number of nitrogens with zero attached hydrogens (tertiary/aromatic N) is 1. The van der Waals surface area contributed by atoms with Crippen molar-refractivity contribution in [3.63, 3.8) is 0 Å². The third-order valence-corrected chi connectivity index (χ3v) is 11.4. The summed E-state index contributed by atoms with van der Waals surface area (Å²) in [5.41, 5.74) is 5.26.